The highest BCUT2D eigenvalue weighted by Gasteiger charge is 2.16. The second kappa shape index (κ2) is 8.37. The van der Waals surface area contributed by atoms with E-state index in [0.717, 1.165) is 16.7 Å². The Kier molecular flexibility index (Phi) is 5.49. The summed E-state index contributed by atoms with van der Waals surface area (Å²) >= 11 is 5.91. The second-order valence-corrected chi connectivity index (χ2v) is 7.12. The number of nitrogens with zero attached hydrogens (tertiary/aromatic N) is 3. The Labute approximate surface area is 173 Å². The van der Waals surface area contributed by atoms with E-state index in [1.54, 1.807) is 28.8 Å². The van der Waals surface area contributed by atoms with Gasteiger partial charge in [-0.15, -0.1) is 5.11 Å². The van der Waals surface area contributed by atoms with Crippen molar-refractivity contribution >= 4 is 33.9 Å². The molecule has 5 nitrogen and oxygen atoms in total. The van der Waals surface area contributed by atoms with E-state index in [2.05, 4.69) is 10.2 Å². The van der Waals surface area contributed by atoms with Crippen LogP contribution in [-0.4, -0.2) is 16.3 Å². The van der Waals surface area contributed by atoms with E-state index in [-0.39, 0.29) is 5.88 Å². The summed E-state index contributed by atoms with van der Waals surface area (Å²) in [5, 5.41) is 20.8. The van der Waals surface area contributed by atoms with E-state index in [9.17, 15) is 5.11 Å². The summed E-state index contributed by atoms with van der Waals surface area (Å²) in [4.78, 5) is 0. The van der Waals surface area contributed by atoms with Crippen LogP contribution in [0.2, 0.25) is 5.02 Å². The SMILES string of the molecule is Cc1ccc(OCCn2c(O)c(N=Nc3ccc(Cl)cc3)c3ccccc32)cc1. The van der Waals surface area contributed by atoms with Crippen molar-refractivity contribution in [3.05, 3.63) is 83.4 Å². The zero-order valence-electron chi connectivity index (χ0n) is 15.9. The number of benzene rings is 3. The lowest BCUT2D eigenvalue weighted by atomic mass is 10.2. The van der Waals surface area contributed by atoms with Crippen LogP contribution in [0.3, 0.4) is 0 Å². The number of rotatable bonds is 6. The predicted molar refractivity (Wildman–Crippen MR) is 116 cm³/mol. The summed E-state index contributed by atoms with van der Waals surface area (Å²) in [5.41, 5.74) is 3.16. The van der Waals surface area contributed by atoms with Crippen molar-refractivity contribution in [1.29, 1.82) is 0 Å². The van der Waals surface area contributed by atoms with Crippen LogP contribution in [0.1, 0.15) is 5.56 Å². The zero-order valence-corrected chi connectivity index (χ0v) is 16.7. The van der Waals surface area contributed by atoms with Gasteiger partial charge in [0.2, 0.25) is 5.88 Å². The van der Waals surface area contributed by atoms with E-state index in [0.29, 0.717) is 29.5 Å². The molecule has 0 bridgehead atoms. The van der Waals surface area contributed by atoms with Gasteiger partial charge in [0.05, 0.1) is 17.7 Å². The first kappa shape index (κ1) is 19.0. The molecule has 0 saturated carbocycles. The Hall–Kier alpha value is -3.31. The van der Waals surface area contributed by atoms with Gasteiger partial charge in [-0.05, 0) is 49.4 Å². The van der Waals surface area contributed by atoms with Crippen molar-refractivity contribution in [1.82, 2.24) is 4.57 Å². The van der Waals surface area contributed by atoms with Crippen LogP contribution in [0.5, 0.6) is 11.6 Å². The lowest BCUT2D eigenvalue weighted by Gasteiger charge is -2.09. The summed E-state index contributed by atoms with van der Waals surface area (Å²) in [6.07, 6.45) is 0. The molecule has 6 heteroatoms. The molecule has 0 fully saturated rings. The zero-order chi connectivity index (χ0) is 20.2. The Morgan fingerprint density at radius 3 is 2.41 bits per heavy atom. The minimum Gasteiger partial charge on any atom is -0.493 e. The number of azo groups is 1. The smallest absolute Gasteiger partial charge is 0.220 e. The third-order valence-corrected chi connectivity index (χ3v) is 4.87. The Morgan fingerprint density at radius 2 is 1.66 bits per heavy atom. The molecule has 1 aromatic heterocycles. The van der Waals surface area contributed by atoms with Crippen molar-refractivity contribution in [2.45, 2.75) is 13.5 Å². The molecule has 0 unspecified atom stereocenters. The predicted octanol–water partition coefficient (Wildman–Crippen LogP) is 6.80. The van der Waals surface area contributed by atoms with Crippen LogP contribution >= 0.6 is 11.6 Å². The van der Waals surface area contributed by atoms with E-state index in [1.807, 2.05) is 55.5 Å². The van der Waals surface area contributed by atoms with E-state index in [1.165, 1.54) is 5.56 Å². The molecule has 146 valence electrons. The number of halogens is 1. The normalized spacial score (nSPS) is 11.4. The fraction of sp³-hybridized carbons (Fsp3) is 0.130. The van der Waals surface area contributed by atoms with Gasteiger partial charge in [0.15, 0.2) is 5.69 Å². The average Bonchev–Trinajstić information content (AvgIpc) is 3.00. The van der Waals surface area contributed by atoms with Crippen LogP contribution in [0.4, 0.5) is 11.4 Å². The number of hydrogen-bond donors (Lipinski definition) is 1. The van der Waals surface area contributed by atoms with E-state index >= 15 is 0 Å². The van der Waals surface area contributed by atoms with E-state index < -0.39 is 0 Å². The van der Waals surface area contributed by atoms with Gasteiger partial charge < -0.3 is 14.4 Å². The van der Waals surface area contributed by atoms with Gasteiger partial charge in [0, 0.05) is 10.4 Å². The highest BCUT2D eigenvalue weighted by molar-refractivity contribution is 6.30. The minimum atomic E-state index is 0.0661. The molecule has 4 aromatic rings. The molecule has 0 aliphatic rings. The third kappa shape index (κ3) is 4.25. The maximum Gasteiger partial charge on any atom is 0.220 e. The molecule has 0 amide bonds. The fourth-order valence-electron chi connectivity index (χ4n) is 3.10. The van der Waals surface area contributed by atoms with Crippen molar-refractivity contribution in [2.24, 2.45) is 10.2 Å². The number of aromatic nitrogens is 1. The molecule has 1 heterocycles. The van der Waals surface area contributed by atoms with Gasteiger partial charge >= 0.3 is 0 Å². The van der Waals surface area contributed by atoms with Crippen molar-refractivity contribution < 1.29 is 9.84 Å². The molecule has 0 saturated heterocycles. The fourth-order valence-corrected chi connectivity index (χ4v) is 3.23. The van der Waals surface area contributed by atoms with Crippen LogP contribution < -0.4 is 4.74 Å². The number of aromatic hydroxyl groups is 1. The summed E-state index contributed by atoms with van der Waals surface area (Å²) in [7, 11) is 0. The Balaban J connectivity index is 1.58. The molecule has 0 radical (unpaired) electrons. The van der Waals surface area contributed by atoms with Crippen LogP contribution in [0.15, 0.2) is 83.0 Å². The second-order valence-electron chi connectivity index (χ2n) is 6.68. The molecule has 1 N–H and O–H groups in total. The topological polar surface area (TPSA) is 59.1 Å². The molecule has 0 aliphatic carbocycles. The molecule has 0 aliphatic heterocycles. The standard InChI is InChI=1S/C23H20ClN3O2/c1-16-6-12-19(13-7-16)29-15-14-27-21-5-3-2-4-20(21)22(23(27)28)26-25-18-10-8-17(24)9-11-18/h2-13,28H,14-15H2,1H3. The lowest BCUT2D eigenvalue weighted by molar-refractivity contribution is 0.290. The monoisotopic (exact) mass is 405 g/mol. The minimum absolute atomic E-state index is 0.0661. The summed E-state index contributed by atoms with van der Waals surface area (Å²) in [6, 6.07) is 22.7. The van der Waals surface area contributed by atoms with E-state index in [4.69, 9.17) is 16.3 Å². The maximum absolute atomic E-state index is 10.8. The summed E-state index contributed by atoms with van der Waals surface area (Å²) < 4.78 is 7.61. The molecule has 3 aromatic carbocycles. The molecule has 4 rings (SSSR count). The van der Waals surface area contributed by atoms with Crippen LogP contribution in [0.25, 0.3) is 10.9 Å². The van der Waals surface area contributed by atoms with Crippen LogP contribution in [-0.2, 0) is 6.54 Å². The lowest BCUT2D eigenvalue weighted by Crippen LogP contribution is -2.07. The molecular formula is C23H20ClN3O2. The largest absolute Gasteiger partial charge is 0.493 e. The number of aryl methyl sites for hydroxylation is 1. The number of para-hydroxylation sites is 1. The van der Waals surface area contributed by atoms with Gasteiger partial charge in [0.25, 0.3) is 0 Å². The third-order valence-electron chi connectivity index (χ3n) is 4.61. The average molecular weight is 406 g/mol. The van der Waals surface area contributed by atoms with Gasteiger partial charge in [0.1, 0.15) is 12.4 Å². The number of hydrogen-bond acceptors (Lipinski definition) is 4. The maximum atomic E-state index is 10.8. The van der Waals surface area contributed by atoms with Gasteiger partial charge in [-0.25, -0.2) is 0 Å². The highest BCUT2D eigenvalue weighted by atomic mass is 35.5. The first-order chi connectivity index (χ1) is 14.1. The molecule has 0 spiro atoms. The van der Waals surface area contributed by atoms with Gasteiger partial charge in [-0.3, -0.25) is 0 Å². The van der Waals surface area contributed by atoms with Gasteiger partial charge in [-0.1, -0.05) is 47.5 Å². The Morgan fingerprint density at radius 1 is 0.931 bits per heavy atom. The number of fused-ring (bicyclic) bond motifs is 1. The Bertz CT molecular complexity index is 1150. The van der Waals surface area contributed by atoms with Crippen molar-refractivity contribution in [3.63, 3.8) is 0 Å². The highest BCUT2D eigenvalue weighted by Crippen LogP contribution is 2.39. The van der Waals surface area contributed by atoms with Crippen molar-refractivity contribution in [2.75, 3.05) is 6.61 Å². The first-order valence-corrected chi connectivity index (χ1v) is 9.66. The summed E-state index contributed by atoms with van der Waals surface area (Å²) in [6.45, 7) is 2.94. The van der Waals surface area contributed by atoms with Gasteiger partial charge in [-0.2, -0.15) is 5.11 Å². The van der Waals surface area contributed by atoms with Crippen molar-refractivity contribution in [3.8, 4) is 11.6 Å². The number of ether oxygens (including phenoxy) is 1. The molecule has 29 heavy (non-hydrogen) atoms. The summed E-state index contributed by atoms with van der Waals surface area (Å²) in [5.74, 6) is 0.866. The molecule has 0 atom stereocenters. The quantitative estimate of drug-likeness (QED) is 0.358. The van der Waals surface area contributed by atoms with Crippen LogP contribution in [0, 0.1) is 6.92 Å². The molecular weight excluding hydrogens is 386 g/mol. The first-order valence-electron chi connectivity index (χ1n) is 9.29.